The fraction of sp³-hybridized carbons (Fsp3) is 0.125. The standard InChI is InChI=1S/C8H11NO7P2/c9-8(17(11,12)13,18(14,15)16)7(10)6-4-2-1-3-5-6/h1-5H,9H2,(H2,11,12,13)(H2,14,15,16)/p-4. The molecule has 8 nitrogen and oxygen atoms in total. The summed E-state index contributed by atoms with van der Waals surface area (Å²) in [6, 6.07) is 6.10. The van der Waals surface area contributed by atoms with Crippen molar-refractivity contribution >= 4 is 21.0 Å². The normalized spacial score (nSPS) is 13.4. The summed E-state index contributed by atoms with van der Waals surface area (Å²) >= 11 is 0. The third-order valence-electron chi connectivity index (χ3n) is 2.21. The van der Waals surface area contributed by atoms with Crippen LogP contribution in [0.1, 0.15) is 10.4 Å². The summed E-state index contributed by atoms with van der Waals surface area (Å²) in [5.41, 5.74) is 4.34. The molecule has 0 aliphatic rings. The minimum absolute atomic E-state index is 0.459. The van der Waals surface area contributed by atoms with Gasteiger partial charge in [-0.1, -0.05) is 30.3 Å². The van der Waals surface area contributed by atoms with Crippen LogP contribution >= 0.6 is 15.2 Å². The molecule has 0 spiro atoms. The van der Waals surface area contributed by atoms with Gasteiger partial charge in [-0.25, -0.2) is 0 Å². The third kappa shape index (κ3) is 2.46. The van der Waals surface area contributed by atoms with Crippen LogP contribution in [0.15, 0.2) is 30.3 Å². The summed E-state index contributed by atoms with van der Waals surface area (Å²) in [4.78, 5) is 55.2. The number of Topliss-reactive ketones (excluding diaryl/α,β-unsaturated/α-hetero) is 1. The maximum absolute atomic E-state index is 11.7. The lowest BCUT2D eigenvalue weighted by atomic mass is 10.1. The molecule has 10 heteroatoms. The van der Waals surface area contributed by atoms with Crippen LogP contribution in [-0.4, -0.2) is 10.8 Å². The molecule has 0 radical (unpaired) electrons. The van der Waals surface area contributed by atoms with Crippen molar-refractivity contribution in [2.75, 3.05) is 0 Å². The topological polar surface area (TPSA) is 169 Å². The van der Waals surface area contributed by atoms with Crippen LogP contribution in [0.3, 0.4) is 0 Å². The summed E-state index contributed by atoms with van der Waals surface area (Å²) in [5.74, 6) is -1.76. The van der Waals surface area contributed by atoms with Gasteiger partial charge in [0, 0.05) is 5.56 Å². The van der Waals surface area contributed by atoms with Gasteiger partial charge in [0.1, 0.15) is 5.02 Å². The summed E-state index contributed by atoms with van der Waals surface area (Å²) in [6.45, 7) is 0. The molecule has 18 heavy (non-hydrogen) atoms. The predicted molar refractivity (Wildman–Crippen MR) is 52.9 cm³/mol. The van der Waals surface area contributed by atoms with Crippen LogP contribution in [0.25, 0.3) is 0 Å². The number of hydrogen-bond acceptors (Lipinski definition) is 8. The number of hydrogen-bond donors (Lipinski definition) is 1. The fourth-order valence-electron chi connectivity index (χ4n) is 1.20. The van der Waals surface area contributed by atoms with Gasteiger partial charge in [0.15, 0.2) is 5.78 Å². The van der Waals surface area contributed by atoms with E-state index in [4.69, 9.17) is 5.73 Å². The molecular weight excluding hydrogens is 284 g/mol. The summed E-state index contributed by atoms with van der Waals surface area (Å²) in [6.07, 6.45) is 0. The highest BCUT2D eigenvalue weighted by atomic mass is 31.2. The van der Waals surface area contributed by atoms with Gasteiger partial charge < -0.3 is 34.4 Å². The molecule has 100 valence electrons. The highest BCUT2D eigenvalue weighted by molar-refractivity contribution is 7.71. The van der Waals surface area contributed by atoms with Gasteiger partial charge in [0.05, 0.1) is 0 Å². The number of benzene rings is 1. The molecule has 1 rings (SSSR count). The molecular formula is C8H7NO7P2-4. The number of carbonyl (C=O) groups excluding carboxylic acids is 1. The first-order valence-electron chi connectivity index (χ1n) is 4.45. The van der Waals surface area contributed by atoms with Crippen LogP contribution < -0.4 is 25.3 Å². The number of ketones is 1. The Labute approximate surface area is 102 Å². The first-order chi connectivity index (χ1) is 8.02. The smallest absolute Gasteiger partial charge is 0.192 e. The van der Waals surface area contributed by atoms with Crippen LogP contribution in [0.4, 0.5) is 0 Å². The maximum atomic E-state index is 11.7. The van der Waals surface area contributed by atoms with E-state index < -0.39 is 31.6 Å². The van der Waals surface area contributed by atoms with Crippen molar-refractivity contribution in [3.8, 4) is 0 Å². The molecule has 0 fully saturated rings. The van der Waals surface area contributed by atoms with Crippen molar-refractivity contribution in [3.05, 3.63) is 35.9 Å². The Morgan fingerprint density at radius 1 is 1.00 bits per heavy atom. The van der Waals surface area contributed by atoms with Gasteiger partial charge in [0.25, 0.3) is 0 Å². The van der Waals surface area contributed by atoms with Crippen LogP contribution in [-0.2, 0) is 9.13 Å². The molecule has 0 aromatic heterocycles. The molecule has 0 saturated heterocycles. The SMILES string of the molecule is NC(C(=O)c1ccccc1)(P(=O)([O-])[O-])P(=O)([O-])[O-]. The molecule has 0 atom stereocenters. The molecule has 0 saturated carbocycles. The van der Waals surface area contributed by atoms with Crippen molar-refractivity contribution in [2.24, 2.45) is 5.73 Å². The quantitative estimate of drug-likeness (QED) is 0.461. The zero-order valence-corrected chi connectivity index (χ0v) is 10.5. The Morgan fingerprint density at radius 2 is 1.39 bits per heavy atom. The minimum atomic E-state index is -6.19. The zero-order valence-electron chi connectivity index (χ0n) is 8.72. The Morgan fingerprint density at radius 3 is 1.72 bits per heavy atom. The van der Waals surface area contributed by atoms with Crippen molar-refractivity contribution in [1.29, 1.82) is 0 Å². The lowest BCUT2D eigenvalue weighted by molar-refractivity contribution is -0.333. The minimum Gasteiger partial charge on any atom is -0.809 e. The zero-order chi connectivity index (χ0) is 14.2. The van der Waals surface area contributed by atoms with Crippen molar-refractivity contribution < 1.29 is 33.5 Å². The highest BCUT2D eigenvalue weighted by Crippen LogP contribution is 2.58. The monoisotopic (exact) mass is 291 g/mol. The first-order valence-corrected chi connectivity index (χ1v) is 7.53. The van der Waals surface area contributed by atoms with Crippen molar-refractivity contribution in [1.82, 2.24) is 0 Å². The molecule has 0 bridgehead atoms. The highest BCUT2D eigenvalue weighted by Gasteiger charge is 2.41. The van der Waals surface area contributed by atoms with E-state index in [9.17, 15) is 33.5 Å². The van der Waals surface area contributed by atoms with Gasteiger partial charge >= 0.3 is 0 Å². The molecule has 0 aliphatic heterocycles. The van der Waals surface area contributed by atoms with E-state index in [-0.39, 0.29) is 0 Å². The molecule has 1 aromatic carbocycles. The lowest BCUT2D eigenvalue weighted by Crippen LogP contribution is -2.57. The largest absolute Gasteiger partial charge is 0.809 e. The molecule has 0 heterocycles. The van der Waals surface area contributed by atoms with E-state index in [1.165, 1.54) is 18.2 Å². The van der Waals surface area contributed by atoms with Crippen LogP contribution in [0, 0.1) is 0 Å². The molecule has 1 aromatic rings. The average Bonchev–Trinajstić information content (AvgIpc) is 2.25. The summed E-state index contributed by atoms with van der Waals surface area (Å²) in [7, 11) is -12.4. The predicted octanol–water partition coefficient (Wildman–Crippen LogP) is -2.69. The van der Waals surface area contributed by atoms with Gasteiger partial charge in [-0.05, 0) is 15.2 Å². The van der Waals surface area contributed by atoms with E-state index in [2.05, 4.69) is 0 Å². The molecule has 0 unspecified atom stereocenters. The van der Waals surface area contributed by atoms with Crippen molar-refractivity contribution in [3.63, 3.8) is 0 Å². The van der Waals surface area contributed by atoms with Crippen LogP contribution in [0.5, 0.6) is 0 Å². The summed E-state index contributed by atoms with van der Waals surface area (Å²) < 4.78 is 21.7. The molecule has 0 amide bonds. The van der Waals surface area contributed by atoms with Gasteiger partial charge in [0.2, 0.25) is 0 Å². The number of carbonyl (C=O) groups is 1. The van der Waals surface area contributed by atoms with E-state index in [0.29, 0.717) is 0 Å². The second kappa shape index (κ2) is 4.68. The van der Waals surface area contributed by atoms with E-state index >= 15 is 0 Å². The lowest BCUT2D eigenvalue weighted by Gasteiger charge is -2.55. The van der Waals surface area contributed by atoms with E-state index in [1.54, 1.807) is 0 Å². The van der Waals surface area contributed by atoms with Crippen molar-refractivity contribution in [2.45, 2.75) is 5.02 Å². The molecule has 2 N–H and O–H groups in total. The second-order valence-corrected chi connectivity index (χ2v) is 7.17. The average molecular weight is 291 g/mol. The van der Waals surface area contributed by atoms with E-state index in [1.807, 2.05) is 0 Å². The van der Waals surface area contributed by atoms with Gasteiger partial charge in [-0.15, -0.1) is 0 Å². The van der Waals surface area contributed by atoms with Gasteiger partial charge in [-0.2, -0.15) is 0 Å². The van der Waals surface area contributed by atoms with Crippen LogP contribution in [0.2, 0.25) is 0 Å². The Bertz CT molecular complexity index is 524. The number of rotatable bonds is 4. The fourth-order valence-corrected chi connectivity index (χ4v) is 3.16. The second-order valence-electron chi connectivity index (χ2n) is 3.42. The molecule has 0 aliphatic carbocycles. The van der Waals surface area contributed by atoms with E-state index in [0.717, 1.165) is 12.1 Å². The number of nitrogens with two attached hydrogens (primary N) is 1. The third-order valence-corrected chi connectivity index (χ3v) is 5.75. The Balaban J connectivity index is 3.45. The Hall–Kier alpha value is -0.850. The maximum Gasteiger partial charge on any atom is 0.192 e. The first kappa shape index (κ1) is 15.2. The van der Waals surface area contributed by atoms with Gasteiger partial charge in [-0.3, -0.25) is 4.79 Å². The Kier molecular flexibility index (Phi) is 3.95. The summed E-state index contributed by atoms with van der Waals surface area (Å²) in [5, 5.41) is -4.01.